The standard InChI is InChI=1S/C19H31N3O4/c1-23-19(6-11-24-12-7-19)15-22-18(21-13-16-5-10-25-14-16)20-8-4-17-3-2-9-26-17/h2-3,9,16H,4-8,10-15H2,1H3,(H2,20,21,22). The first-order chi connectivity index (χ1) is 12.8. The molecular formula is C19H31N3O4. The number of hydrogen-bond donors (Lipinski definition) is 2. The van der Waals surface area contributed by atoms with Crippen LogP contribution in [0.1, 0.15) is 25.0 Å². The largest absolute Gasteiger partial charge is 0.469 e. The molecule has 2 N–H and O–H groups in total. The fraction of sp³-hybridized carbons (Fsp3) is 0.737. The molecule has 1 atom stereocenters. The monoisotopic (exact) mass is 365 g/mol. The number of furan rings is 1. The third kappa shape index (κ3) is 5.72. The Kier molecular flexibility index (Phi) is 7.34. The zero-order chi connectivity index (χ0) is 18.1. The fourth-order valence-corrected chi connectivity index (χ4v) is 3.31. The van der Waals surface area contributed by atoms with E-state index in [-0.39, 0.29) is 5.60 Å². The molecule has 0 aliphatic carbocycles. The van der Waals surface area contributed by atoms with E-state index >= 15 is 0 Å². The van der Waals surface area contributed by atoms with Crippen molar-refractivity contribution in [3.8, 4) is 0 Å². The Morgan fingerprint density at radius 1 is 1.27 bits per heavy atom. The van der Waals surface area contributed by atoms with Crippen molar-refractivity contribution in [2.45, 2.75) is 31.3 Å². The van der Waals surface area contributed by atoms with Crippen molar-refractivity contribution in [3.05, 3.63) is 24.2 Å². The van der Waals surface area contributed by atoms with Gasteiger partial charge in [0.1, 0.15) is 5.76 Å². The molecule has 2 aliphatic rings. The van der Waals surface area contributed by atoms with Gasteiger partial charge in [0.2, 0.25) is 0 Å². The highest BCUT2D eigenvalue weighted by atomic mass is 16.5. The van der Waals surface area contributed by atoms with Crippen LogP contribution < -0.4 is 10.6 Å². The molecule has 2 aliphatic heterocycles. The Labute approximate surface area is 155 Å². The van der Waals surface area contributed by atoms with Crippen LogP contribution >= 0.6 is 0 Å². The Morgan fingerprint density at radius 3 is 2.85 bits per heavy atom. The Hall–Kier alpha value is -1.57. The summed E-state index contributed by atoms with van der Waals surface area (Å²) in [6, 6.07) is 3.90. The van der Waals surface area contributed by atoms with Gasteiger partial charge in [0.25, 0.3) is 0 Å². The maximum absolute atomic E-state index is 5.79. The zero-order valence-corrected chi connectivity index (χ0v) is 15.7. The number of hydrogen-bond acceptors (Lipinski definition) is 5. The molecule has 7 nitrogen and oxygen atoms in total. The van der Waals surface area contributed by atoms with E-state index in [2.05, 4.69) is 10.6 Å². The molecule has 2 saturated heterocycles. The van der Waals surface area contributed by atoms with Crippen LogP contribution in [0.25, 0.3) is 0 Å². The molecule has 0 aromatic carbocycles. The molecule has 0 spiro atoms. The van der Waals surface area contributed by atoms with Crippen molar-refractivity contribution >= 4 is 5.96 Å². The average Bonchev–Trinajstić information content (AvgIpc) is 3.38. The van der Waals surface area contributed by atoms with E-state index in [1.807, 2.05) is 12.1 Å². The zero-order valence-electron chi connectivity index (χ0n) is 15.7. The van der Waals surface area contributed by atoms with Gasteiger partial charge in [-0.3, -0.25) is 4.99 Å². The second-order valence-electron chi connectivity index (χ2n) is 7.03. The van der Waals surface area contributed by atoms with E-state index in [1.54, 1.807) is 13.4 Å². The van der Waals surface area contributed by atoms with Gasteiger partial charge in [-0.15, -0.1) is 0 Å². The number of guanidine groups is 1. The maximum Gasteiger partial charge on any atom is 0.191 e. The van der Waals surface area contributed by atoms with Crippen LogP contribution in [-0.2, 0) is 20.6 Å². The lowest BCUT2D eigenvalue weighted by Crippen LogP contribution is -2.45. The van der Waals surface area contributed by atoms with Crippen LogP contribution in [0.15, 0.2) is 27.8 Å². The lowest BCUT2D eigenvalue weighted by atomic mass is 9.94. The summed E-state index contributed by atoms with van der Waals surface area (Å²) in [5, 5.41) is 6.88. The van der Waals surface area contributed by atoms with Crippen molar-refractivity contribution in [1.29, 1.82) is 0 Å². The first-order valence-electron chi connectivity index (χ1n) is 9.55. The summed E-state index contributed by atoms with van der Waals surface area (Å²) in [7, 11) is 1.77. The second kappa shape index (κ2) is 9.94. The van der Waals surface area contributed by atoms with Crippen molar-refractivity contribution in [2.24, 2.45) is 10.9 Å². The summed E-state index contributed by atoms with van der Waals surface area (Å²) >= 11 is 0. The van der Waals surface area contributed by atoms with E-state index in [9.17, 15) is 0 Å². The maximum atomic E-state index is 5.79. The number of nitrogens with zero attached hydrogens (tertiary/aromatic N) is 1. The molecule has 3 heterocycles. The lowest BCUT2D eigenvalue weighted by Gasteiger charge is -2.34. The quantitative estimate of drug-likeness (QED) is 0.538. The molecule has 0 amide bonds. The summed E-state index contributed by atoms with van der Waals surface area (Å²) in [6.07, 6.45) is 5.39. The normalized spacial score (nSPS) is 23.1. The molecule has 0 bridgehead atoms. The van der Waals surface area contributed by atoms with Crippen LogP contribution in [0.5, 0.6) is 0 Å². The Balaban J connectivity index is 1.54. The summed E-state index contributed by atoms with van der Waals surface area (Å²) < 4.78 is 22.1. The highest BCUT2D eigenvalue weighted by Gasteiger charge is 2.32. The van der Waals surface area contributed by atoms with E-state index in [0.29, 0.717) is 12.5 Å². The van der Waals surface area contributed by atoms with Gasteiger partial charge in [-0.05, 0) is 18.6 Å². The molecule has 0 saturated carbocycles. The van der Waals surface area contributed by atoms with Crippen LogP contribution in [0.3, 0.4) is 0 Å². The molecule has 26 heavy (non-hydrogen) atoms. The minimum Gasteiger partial charge on any atom is -0.469 e. The molecule has 0 radical (unpaired) electrons. The minimum atomic E-state index is -0.218. The van der Waals surface area contributed by atoms with Gasteiger partial charge in [0, 0.05) is 65.2 Å². The van der Waals surface area contributed by atoms with E-state index < -0.39 is 0 Å². The molecule has 3 rings (SSSR count). The van der Waals surface area contributed by atoms with Gasteiger partial charge in [-0.1, -0.05) is 0 Å². The summed E-state index contributed by atoms with van der Waals surface area (Å²) in [6.45, 7) is 5.42. The van der Waals surface area contributed by atoms with Crippen LogP contribution in [0, 0.1) is 5.92 Å². The van der Waals surface area contributed by atoms with Gasteiger partial charge in [0.05, 0.1) is 25.0 Å². The minimum absolute atomic E-state index is 0.218. The first-order valence-corrected chi connectivity index (χ1v) is 9.55. The number of ether oxygens (including phenoxy) is 3. The van der Waals surface area contributed by atoms with Crippen molar-refractivity contribution < 1.29 is 18.6 Å². The Morgan fingerprint density at radius 2 is 2.15 bits per heavy atom. The molecule has 7 heteroatoms. The van der Waals surface area contributed by atoms with Crippen LogP contribution in [0.2, 0.25) is 0 Å². The topological polar surface area (TPSA) is 77.2 Å². The number of aliphatic imine (C=N–C) groups is 1. The van der Waals surface area contributed by atoms with Gasteiger partial charge in [-0.25, -0.2) is 0 Å². The van der Waals surface area contributed by atoms with Crippen LogP contribution in [-0.4, -0.2) is 64.7 Å². The fourth-order valence-electron chi connectivity index (χ4n) is 3.31. The van der Waals surface area contributed by atoms with E-state index in [0.717, 1.165) is 76.9 Å². The Bertz CT molecular complexity index is 535. The third-order valence-electron chi connectivity index (χ3n) is 5.19. The smallest absolute Gasteiger partial charge is 0.191 e. The summed E-state index contributed by atoms with van der Waals surface area (Å²) in [5.74, 6) is 2.34. The van der Waals surface area contributed by atoms with Gasteiger partial charge < -0.3 is 29.3 Å². The van der Waals surface area contributed by atoms with Crippen molar-refractivity contribution in [2.75, 3.05) is 53.2 Å². The predicted molar refractivity (Wildman–Crippen MR) is 99.4 cm³/mol. The van der Waals surface area contributed by atoms with E-state index in [4.69, 9.17) is 23.6 Å². The second-order valence-corrected chi connectivity index (χ2v) is 7.03. The predicted octanol–water partition coefficient (Wildman–Crippen LogP) is 1.59. The van der Waals surface area contributed by atoms with Crippen LogP contribution in [0.4, 0.5) is 0 Å². The number of nitrogens with one attached hydrogen (secondary N) is 2. The third-order valence-corrected chi connectivity index (χ3v) is 5.19. The molecule has 2 fully saturated rings. The highest BCUT2D eigenvalue weighted by Crippen LogP contribution is 2.24. The van der Waals surface area contributed by atoms with Crippen molar-refractivity contribution in [3.63, 3.8) is 0 Å². The summed E-state index contributed by atoms with van der Waals surface area (Å²) in [5.41, 5.74) is -0.218. The first kappa shape index (κ1) is 19.2. The van der Waals surface area contributed by atoms with Gasteiger partial charge in [-0.2, -0.15) is 0 Å². The van der Waals surface area contributed by atoms with E-state index in [1.165, 1.54) is 0 Å². The summed E-state index contributed by atoms with van der Waals surface area (Å²) in [4.78, 5) is 4.81. The van der Waals surface area contributed by atoms with Gasteiger partial charge in [0.15, 0.2) is 5.96 Å². The van der Waals surface area contributed by atoms with Crippen molar-refractivity contribution in [1.82, 2.24) is 10.6 Å². The molecule has 146 valence electrons. The molecular weight excluding hydrogens is 334 g/mol. The SMILES string of the molecule is COC1(CN=C(NCCc2ccco2)NCC2CCOC2)CCOCC1. The average molecular weight is 365 g/mol. The lowest BCUT2D eigenvalue weighted by molar-refractivity contribution is -0.0828. The van der Waals surface area contributed by atoms with Gasteiger partial charge >= 0.3 is 0 Å². The number of methoxy groups -OCH3 is 1. The highest BCUT2D eigenvalue weighted by molar-refractivity contribution is 5.79. The number of rotatable bonds is 8. The molecule has 1 unspecified atom stereocenters. The molecule has 1 aromatic heterocycles. The molecule has 1 aromatic rings.